The summed E-state index contributed by atoms with van der Waals surface area (Å²) in [5.74, 6) is -0.143. The molecule has 2 N–H and O–H groups in total. The van der Waals surface area contributed by atoms with E-state index in [1.54, 1.807) is 0 Å². The first kappa shape index (κ1) is 16.4. The van der Waals surface area contributed by atoms with Crippen LogP contribution < -0.4 is 10.6 Å². The lowest BCUT2D eigenvalue weighted by molar-refractivity contribution is -0.121. The number of hydrogen-bond donors (Lipinski definition) is 2. The van der Waals surface area contributed by atoms with Crippen molar-refractivity contribution in [3.63, 3.8) is 0 Å². The minimum Gasteiger partial charge on any atom is -0.356 e. The van der Waals surface area contributed by atoms with Crippen LogP contribution in [0.4, 0.5) is 0 Å². The van der Waals surface area contributed by atoms with Gasteiger partial charge in [-0.2, -0.15) is 0 Å². The molecule has 1 saturated heterocycles. The van der Waals surface area contributed by atoms with Crippen molar-refractivity contribution in [2.24, 2.45) is 0 Å². The van der Waals surface area contributed by atoms with Gasteiger partial charge in [-0.3, -0.25) is 4.79 Å². The van der Waals surface area contributed by atoms with Crippen LogP contribution in [0.25, 0.3) is 0 Å². The topological polar surface area (TPSA) is 109 Å². The van der Waals surface area contributed by atoms with Gasteiger partial charge in [0.2, 0.25) is 5.91 Å². The summed E-state index contributed by atoms with van der Waals surface area (Å²) in [6, 6.07) is -0.353. The predicted octanol–water partition coefficient (Wildman–Crippen LogP) is -1.69. The Labute approximate surface area is 114 Å². The monoisotopic (exact) mass is 312 g/mol. The maximum atomic E-state index is 11.6. The highest BCUT2D eigenvalue weighted by atomic mass is 32.2. The van der Waals surface area contributed by atoms with E-state index in [0.29, 0.717) is 13.0 Å². The van der Waals surface area contributed by atoms with Crippen molar-refractivity contribution in [3.05, 3.63) is 0 Å². The van der Waals surface area contributed by atoms with Crippen molar-refractivity contribution < 1.29 is 21.6 Å². The summed E-state index contributed by atoms with van der Waals surface area (Å²) in [6.07, 6.45) is 1.60. The predicted molar refractivity (Wildman–Crippen MR) is 72.4 cm³/mol. The Balaban J connectivity index is 2.24. The number of sulfone groups is 2. The van der Waals surface area contributed by atoms with Crippen LogP contribution >= 0.6 is 0 Å². The molecule has 19 heavy (non-hydrogen) atoms. The maximum absolute atomic E-state index is 11.6. The van der Waals surface area contributed by atoms with Crippen LogP contribution in [0.5, 0.6) is 0 Å². The molecule has 0 aromatic carbocycles. The molecule has 0 aromatic rings. The highest BCUT2D eigenvalue weighted by molar-refractivity contribution is 7.91. The van der Waals surface area contributed by atoms with E-state index < -0.39 is 19.7 Å². The average molecular weight is 312 g/mol. The molecule has 1 unspecified atom stereocenters. The second-order valence-electron chi connectivity index (χ2n) is 4.80. The zero-order valence-corrected chi connectivity index (χ0v) is 12.5. The van der Waals surface area contributed by atoms with Crippen LogP contribution in [0.2, 0.25) is 0 Å². The molecule has 0 spiro atoms. The van der Waals surface area contributed by atoms with Gasteiger partial charge < -0.3 is 10.6 Å². The number of carbonyl (C=O) groups excluding carboxylic acids is 1. The Kier molecular flexibility index (Phi) is 5.75. The SMILES string of the molecule is CS(=O)(=O)CCCNC(=O)CC1CS(=O)(=O)CCN1. The smallest absolute Gasteiger partial charge is 0.221 e. The molecule has 7 nitrogen and oxygen atoms in total. The molecule has 0 saturated carbocycles. The third-order valence-corrected chi connectivity index (χ3v) is 5.51. The minimum atomic E-state index is -3.04. The normalized spacial score (nSPS) is 22.9. The summed E-state index contributed by atoms with van der Waals surface area (Å²) in [4.78, 5) is 11.6. The van der Waals surface area contributed by atoms with Crippen LogP contribution in [0.3, 0.4) is 0 Å². The minimum absolute atomic E-state index is 0.0240. The Hall–Kier alpha value is -0.670. The second kappa shape index (κ2) is 6.67. The number of nitrogens with one attached hydrogen (secondary N) is 2. The first-order valence-corrected chi connectivity index (χ1v) is 9.94. The van der Waals surface area contributed by atoms with Crippen molar-refractivity contribution in [3.8, 4) is 0 Å². The van der Waals surface area contributed by atoms with E-state index in [1.807, 2.05) is 0 Å². The summed E-state index contributed by atoms with van der Waals surface area (Å²) in [5.41, 5.74) is 0. The van der Waals surface area contributed by atoms with Gasteiger partial charge in [-0.15, -0.1) is 0 Å². The Morgan fingerprint density at radius 2 is 2.11 bits per heavy atom. The van der Waals surface area contributed by atoms with E-state index in [0.717, 1.165) is 6.26 Å². The fraction of sp³-hybridized carbons (Fsp3) is 0.900. The van der Waals surface area contributed by atoms with E-state index in [2.05, 4.69) is 10.6 Å². The molecule has 1 aliphatic rings. The Morgan fingerprint density at radius 1 is 1.42 bits per heavy atom. The van der Waals surface area contributed by atoms with Gasteiger partial charge in [-0.05, 0) is 6.42 Å². The number of hydrogen-bond acceptors (Lipinski definition) is 6. The summed E-state index contributed by atoms with van der Waals surface area (Å²) in [7, 11) is -6.05. The fourth-order valence-electron chi connectivity index (χ4n) is 1.86. The highest BCUT2D eigenvalue weighted by Gasteiger charge is 2.25. The molecular formula is C10H20N2O5S2. The number of carbonyl (C=O) groups is 1. The number of amides is 1. The summed E-state index contributed by atoms with van der Waals surface area (Å²) < 4.78 is 44.5. The van der Waals surface area contributed by atoms with E-state index in [4.69, 9.17) is 0 Å². The summed E-state index contributed by atoms with van der Waals surface area (Å²) in [5, 5.41) is 5.58. The van der Waals surface area contributed by atoms with Crippen LogP contribution in [-0.2, 0) is 24.5 Å². The molecule has 0 radical (unpaired) electrons. The first-order chi connectivity index (χ1) is 8.68. The molecule has 112 valence electrons. The Morgan fingerprint density at radius 3 is 2.68 bits per heavy atom. The van der Waals surface area contributed by atoms with E-state index in [9.17, 15) is 21.6 Å². The molecule has 1 fully saturated rings. The zero-order chi connectivity index (χ0) is 14.5. The van der Waals surface area contributed by atoms with Gasteiger partial charge in [0.25, 0.3) is 0 Å². The van der Waals surface area contributed by atoms with Crippen molar-refractivity contribution in [2.45, 2.75) is 18.9 Å². The quantitative estimate of drug-likeness (QED) is 0.567. The van der Waals surface area contributed by atoms with Crippen molar-refractivity contribution in [2.75, 3.05) is 36.6 Å². The van der Waals surface area contributed by atoms with Gasteiger partial charge in [0.15, 0.2) is 9.84 Å². The molecule has 0 aromatic heterocycles. The van der Waals surface area contributed by atoms with Gasteiger partial charge in [-0.25, -0.2) is 16.8 Å². The lowest BCUT2D eigenvalue weighted by Gasteiger charge is -2.23. The lowest BCUT2D eigenvalue weighted by Crippen LogP contribution is -2.47. The maximum Gasteiger partial charge on any atom is 0.221 e. The first-order valence-electron chi connectivity index (χ1n) is 6.06. The van der Waals surface area contributed by atoms with Gasteiger partial charge in [-0.1, -0.05) is 0 Å². The average Bonchev–Trinajstić information content (AvgIpc) is 2.21. The molecule has 1 amide bonds. The summed E-state index contributed by atoms with van der Waals surface area (Å²) in [6.45, 7) is 0.653. The molecule has 9 heteroatoms. The third-order valence-electron chi connectivity index (χ3n) is 2.75. The van der Waals surface area contributed by atoms with Crippen LogP contribution in [0.1, 0.15) is 12.8 Å². The highest BCUT2D eigenvalue weighted by Crippen LogP contribution is 2.04. The lowest BCUT2D eigenvalue weighted by atomic mass is 10.2. The summed E-state index contributed by atoms with van der Waals surface area (Å²) >= 11 is 0. The molecule has 1 heterocycles. The molecule has 0 bridgehead atoms. The van der Waals surface area contributed by atoms with Crippen LogP contribution in [0, 0.1) is 0 Å². The Bertz CT molecular complexity index is 512. The van der Waals surface area contributed by atoms with Crippen molar-refractivity contribution in [1.82, 2.24) is 10.6 Å². The molecule has 0 aliphatic carbocycles. The fourth-order valence-corrected chi connectivity index (χ4v) is 3.97. The van der Waals surface area contributed by atoms with Gasteiger partial charge in [0.05, 0.1) is 17.3 Å². The largest absolute Gasteiger partial charge is 0.356 e. The standard InChI is InChI=1S/C10H20N2O5S2/c1-18(14,15)5-2-3-12-10(13)7-9-8-19(16,17)6-4-11-9/h9,11H,2-8H2,1H3,(H,12,13). The van der Waals surface area contributed by atoms with Gasteiger partial charge in [0.1, 0.15) is 9.84 Å². The van der Waals surface area contributed by atoms with Crippen LogP contribution in [-0.4, -0.2) is 65.4 Å². The van der Waals surface area contributed by atoms with Crippen LogP contribution in [0.15, 0.2) is 0 Å². The third kappa shape index (κ3) is 7.48. The second-order valence-corrected chi connectivity index (χ2v) is 9.29. The number of rotatable bonds is 6. The molecule has 1 aliphatic heterocycles. The van der Waals surface area contributed by atoms with Gasteiger partial charge >= 0.3 is 0 Å². The van der Waals surface area contributed by atoms with E-state index in [1.165, 1.54) is 0 Å². The molecule has 1 atom stereocenters. The zero-order valence-electron chi connectivity index (χ0n) is 10.9. The van der Waals surface area contributed by atoms with E-state index in [-0.39, 0.29) is 42.2 Å². The van der Waals surface area contributed by atoms with Crippen molar-refractivity contribution >= 4 is 25.6 Å². The molecular weight excluding hydrogens is 292 g/mol. The molecule has 1 rings (SSSR count). The van der Waals surface area contributed by atoms with Gasteiger partial charge in [0, 0.05) is 31.8 Å². The van der Waals surface area contributed by atoms with Crippen molar-refractivity contribution in [1.29, 1.82) is 0 Å². The van der Waals surface area contributed by atoms with E-state index >= 15 is 0 Å².